The maximum absolute atomic E-state index is 12.6. The number of aromatic nitrogens is 2. The number of piperazine rings is 1. The second-order valence-electron chi connectivity index (χ2n) is 6.67. The Morgan fingerprint density at radius 3 is 2.41 bits per heavy atom. The molecule has 0 radical (unpaired) electrons. The lowest BCUT2D eigenvalue weighted by Crippen LogP contribution is -2.60. The summed E-state index contributed by atoms with van der Waals surface area (Å²) in [7, 11) is 0. The molecule has 4 heterocycles. The Hall–Kier alpha value is -1.69. The normalized spacial score (nSPS) is 28.0. The fourth-order valence-corrected chi connectivity index (χ4v) is 3.89. The third-order valence-corrected chi connectivity index (χ3v) is 5.04. The zero-order valence-corrected chi connectivity index (χ0v) is 12.9. The maximum Gasteiger partial charge on any atom is 0.274 e. The second kappa shape index (κ2) is 5.83. The van der Waals surface area contributed by atoms with Crippen molar-refractivity contribution in [3.05, 3.63) is 17.8 Å². The first kappa shape index (κ1) is 13.9. The van der Waals surface area contributed by atoms with Crippen LogP contribution in [0.4, 0.5) is 5.82 Å². The summed E-state index contributed by atoms with van der Waals surface area (Å²) in [6, 6.07) is 4.68. The topological polar surface area (TPSA) is 61.4 Å². The molecule has 3 aliphatic rings. The van der Waals surface area contributed by atoms with E-state index in [4.69, 9.17) is 0 Å². The molecule has 22 heavy (non-hydrogen) atoms. The number of fused-ring (bicyclic) bond motifs is 2. The van der Waals surface area contributed by atoms with Gasteiger partial charge in [-0.15, -0.1) is 10.2 Å². The number of carbonyl (C=O) groups excluding carboxylic acids is 1. The summed E-state index contributed by atoms with van der Waals surface area (Å²) in [4.78, 5) is 16.8. The molecular formula is C16H23N5O. The van der Waals surface area contributed by atoms with Crippen LogP contribution in [0.2, 0.25) is 0 Å². The predicted molar refractivity (Wildman–Crippen MR) is 83.9 cm³/mol. The van der Waals surface area contributed by atoms with Crippen molar-refractivity contribution in [1.29, 1.82) is 0 Å². The van der Waals surface area contributed by atoms with Crippen LogP contribution in [-0.2, 0) is 0 Å². The van der Waals surface area contributed by atoms with Gasteiger partial charge in [0.1, 0.15) is 0 Å². The third-order valence-electron chi connectivity index (χ3n) is 5.04. The minimum absolute atomic E-state index is 0.0267. The van der Waals surface area contributed by atoms with Gasteiger partial charge >= 0.3 is 0 Å². The van der Waals surface area contributed by atoms with Crippen molar-refractivity contribution in [2.45, 2.75) is 44.2 Å². The van der Waals surface area contributed by atoms with Crippen LogP contribution in [0.25, 0.3) is 0 Å². The standard InChI is InChI=1S/C16H23N5O/c22-16(21-10-12-4-3-5-13(11-21)17-12)14-6-7-15(19-18-14)20-8-1-2-9-20/h6-7,12-13,17H,1-5,8-11H2. The Labute approximate surface area is 130 Å². The number of hydrogen-bond donors (Lipinski definition) is 1. The van der Waals surface area contributed by atoms with Crippen LogP contribution in [-0.4, -0.2) is 59.3 Å². The molecule has 6 heteroatoms. The van der Waals surface area contributed by atoms with Gasteiger partial charge in [0.05, 0.1) is 0 Å². The van der Waals surface area contributed by atoms with E-state index in [-0.39, 0.29) is 5.91 Å². The Balaban J connectivity index is 1.45. The van der Waals surface area contributed by atoms with Crippen molar-refractivity contribution in [3.8, 4) is 0 Å². The van der Waals surface area contributed by atoms with Gasteiger partial charge in [0.15, 0.2) is 11.5 Å². The summed E-state index contributed by atoms with van der Waals surface area (Å²) in [5.41, 5.74) is 0.475. The molecule has 0 saturated carbocycles. The van der Waals surface area contributed by atoms with Crippen LogP contribution in [0.3, 0.4) is 0 Å². The number of piperidine rings is 1. The van der Waals surface area contributed by atoms with Crippen LogP contribution < -0.4 is 10.2 Å². The van der Waals surface area contributed by atoms with Crippen LogP contribution in [0, 0.1) is 0 Å². The van der Waals surface area contributed by atoms with E-state index in [1.807, 2.05) is 17.0 Å². The van der Waals surface area contributed by atoms with Crippen molar-refractivity contribution in [2.24, 2.45) is 0 Å². The Morgan fingerprint density at radius 2 is 1.77 bits per heavy atom. The van der Waals surface area contributed by atoms with E-state index in [0.29, 0.717) is 17.8 Å². The van der Waals surface area contributed by atoms with Gasteiger partial charge in [-0.05, 0) is 37.8 Å². The van der Waals surface area contributed by atoms with Gasteiger partial charge in [-0.1, -0.05) is 6.42 Å². The first-order chi connectivity index (χ1) is 10.8. The molecule has 0 aromatic carbocycles. The van der Waals surface area contributed by atoms with Gasteiger partial charge in [0.25, 0.3) is 5.91 Å². The van der Waals surface area contributed by atoms with E-state index >= 15 is 0 Å². The summed E-state index contributed by atoms with van der Waals surface area (Å²) in [6.45, 7) is 3.68. The first-order valence-corrected chi connectivity index (χ1v) is 8.43. The number of nitrogens with one attached hydrogen (secondary N) is 1. The molecule has 4 rings (SSSR count). The molecule has 1 aromatic heterocycles. The molecule has 1 N–H and O–H groups in total. The second-order valence-corrected chi connectivity index (χ2v) is 6.67. The molecule has 2 unspecified atom stereocenters. The van der Waals surface area contributed by atoms with E-state index < -0.39 is 0 Å². The highest BCUT2D eigenvalue weighted by Crippen LogP contribution is 2.21. The van der Waals surface area contributed by atoms with Crippen molar-refractivity contribution in [2.75, 3.05) is 31.1 Å². The van der Waals surface area contributed by atoms with E-state index in [1.165, 1.54) is 32.1 Å². The number of likely N-dealkylation sites (tertiary alicyclic amines) is 1. The van der Waals surface area contributed by atoms with Gasteiger partial charge in [0.2, 0.25) is 0 Å². The molecule has 1 amide bonds. The number of anilines is 1. The monoisotopic (exact) mass is 301 g/mol. The molecular weight excluding hydrogens is 278 g/mol. The Bertz CT molecular complexity index is 528. The summed E-state index contributed by atoms with van der Waals surface area (Å²) < 4.78 is 0. The van der Waals surface area contributed by atoms with E-state index in [0.717, 1.165) is 32.0 Å². The number of amides is 1. The van der Waals surface area contributed by atoms with Gasteiger partial charge in [0, 0.05) is 38.3 Å². The summed E-state index contributed by atoms with van der Waals surface area (Å²) >= 11 is 0. The average Bonchev–Trinajstić information content (AvgIpc) is 3.08. The SMILES string of the molecule is O=C(c1ccc(N2CCCC2)nn1)N1CC2CCCC(C1)N2. The predicted octanol–water partition coefficient (Wildman–Crippen LogP) is 1.04. The molecule has 2 atom stereocenters. The largest absolute Gasteiger partial charge is 0.355 e. The average molecular weight is 301 g/mol. The lowest BCUT2D eigenvalue weighted by molar-refractivity contribution is 0.0601. The molecule has 3 aliphatic heterocycles. The fourth-order valence-electron chi connectivity index (χ4n) is 3.89. The van der Waals surface area contributed by atoms with Crippen LogP contribution >= 0.6 is 0 Å². The molecule has 3 saturated heterocycles. The highest BCUT2D eigenvalue weighted by Gasteiger charge is 2.32. The van der Waals surface area contributed by atoms with Gasteiger partial charge in [-0.2, -0.15) is 0 Å². The first-order valence-electron chi connectivity index (χ1n) is 8.43. The van der Waals surface area contributed by atoms with Crippen LogP contribution in [0.1, 0.15) is 42.6 Å². The van der Waals surface area contributed by atoms with Crippen LogP contribution in [0.15, 0.2) is 12.1 Å². The molecule has 2 bridgehead atoms. The zero-order valence-electron chi connectivity index (χ0n) is 12.9. The lowest BCUT2D eigenvalue weighted by atomic mass is 9.94. The smallest absolute Gasteiger partial charge is 0.274 e. The van der Waals surface area contributed by atoms with Gasteiger partial charge in [-0.3, -0.25) is 4.79 Å². The minimum atomic E-state index is 0.0267. The zero-order chi connectivity index (χ0) is 14.9. The van der Waals surface area contributed by atoms with E-state index in [9.17, 15) is 4.79 Å². The Kier molecular flexibility index (Phi) is 3.70. The molecule has 3 fully saturated rings. The molecule has 0 spiro atoms. The van der Waals surface area contributed by atoms with Crippen LogP contribution in [0.5, 0.6) is 0 Å². The highest BCUT2D eigenvalue weighted by molar-refractivity contribution is 5.92. The van der Waals surface area contributed by atoms with Gasteiger partial charge in [-0.25, -0.2) is 0 Å². The summed E-state index contributed by atoms with van der Waals surface area (Å²) in [5, 5.41) is 12.0. The molecule has 118 valence electrons. The number of hydrogen-bond acceptors (Lipinski definition) is 5. The van der Waals surface area contributed by atoms with Crippen molar-refractivity contribution < 1.29 is 4.79 Å². The van der Waals surface area contributed by atoms with Gasteiger partial charge < -0.3 is 15.1 Å². The Morgan fingerprint density at radius 1 is 1.05 bits per heavy atom. The van der Waals surface area contributed by atoms with Crippen molar-refractivity contribution in [3.63, 3.8) is 0 Å². The number of carbonyl (C=O) groups is 1. The van der Waals surface area contributed by atoms with E-state index in [2.05, 4.69) is 20.4 Å². The molecule has 0 aliphatic carbocycles. The van der Waals surface area contributed by atoms with Crippen molar-refractivity contribution >= 4 is 11.7 Å². The third kappa shape index (κ3) is 2.67. The lowest BCUT2D eigenvalue weighted by Gasteiger charge is -2.42. The number of nitrogens with zero attached hydrogens (tertiary/aromatic N) is 4. The van der Waals surface area contributed by atoms with Crippen molar-refractivity contribution in [1.82, 2.24) is 20.4 Å². The fraction of sp³-hybridized carbons (Fsp3) is 0.688. The highest BCUT2D eigenvalue weighted by atomic mass is 16.2. The minimum Gasteiger partial charge on any atom is -0.355 e. The quantitative estimate of drug-likeness (QED) is 0.884. The maximum atomic E-state index is 12.6. The molecule has 1 aromatic rings. The molecule has 6 nitrogen and oxygen atoms in total. The van der Waals surface area contributed by atoms with E-state index in [1.54, 1.807) is 0 Å². The number of rotatable bonds is 2. The summed E-state index contributed by atoms with van der Waals surface area (Å²) in [5.74, 6) is 0.921. The summed E-state index contributed by atoms with van der Waals surface area (Å²) in [6.07, 6.45) is 6.03.